The number of nitrogens with zero attached hydrogens (tertiary/aromatic N) is 2. The van der Waals surface area contributed by atoms with Gasteiger partial charge in [0.15, 0.2) is 0 Å². The molecule has 0 aliphatic carbocycles. The molecule has 1 aromatic heterocycles. The molecule has 5 nitrogen and oxygen atoms in total. The zero-order chi connectivity index (χ0) is 15.4. The van der Waals surface area contributed by atoms with Crippen molar-refractivity contribution in [1.82, 2.24) is 9.78 Å². The summed E-state index contributed by atoms with van der Waals surface area (Å²) in [5.41, 5.74) is 2.90. The van der Waals surface area contributed by atoms with Crippen molar-refractivity contribution in [2.45, 2.75) is 20.4 Å². The standard InChI is InChI=1S/C15H20ClN3O2/c1-5-21-14-7-6-11(8-13(14)16)17-9-12-10(2)18-19(3)15(12)20-4/h6-8,17H,5,9H2,1-4H3. The first-order valence-electron chi connectivity index (χ1n) is 6.79. The van der Waals surface area contributed by atoms with Crippen LogP contribution < -0.4 is 14.8 Å². The van der Waals surface area contributed by atoms with Crippen LogP contribution in [0.25, 0.3) is 0 Å². The van der Waals surface area contributed by atoms with Crippen molar-refractivity contribution in [3.05, 3.63) is 34.5 Å². The molecule has 0 atom stereocenters. The average Bonchev–Trinajstić information content (AvgIpc) is 2.73. The summed E-state index contributed by atoms with van der Waals surface area (Å²) in [6, 6.07) is 5.65. The topological polar surface area (TPSA) is 48.3 Å². The maximum absolute atomic E-state index is 6.18. The molecule has 1 heterocycles. The summed E-state index contributed by atoms with van der Waals surface area (Å²) in [5, 5.41) is 8.28. The summed E-state index contributed by atoms with van der Waals surface area (Å²) in [5.74, 6) is 1.46. The minimum absolute atomic E-state index is 0.594. The average molecular weight is 310 g/mol. The molecule has 0 bridgehead atoms. The Bertz CT molecular complexity index is 626. The van der Waals surface area contributed by atoms with Crippen LogP contribution in [-0.2, 0) is 13.6 Å². The second-order valence-electron chi connectivity index (χ2n) is 4.63. The van der Waals surface area contributed by atoms with Crippen LogP contribution in [0.5, 0.6) is 11.6 Å². The van der Waals surface area contributed by atoms with Gasteiger partial charge in [0.1, 0.15) is 5.75 Å². The number of aromatic nitrogens is 2. The van der Waals surface area contributed by atoms with Crippen molar-refractivity contribution < 1.29 is 9.47 Å². The van der Waals surface area contributed by atoms with Crippen molar-refractivity contribution >= 4 is 17.3 Å². The first-order chi connectivity index (χ1) is 10.1. The Morgan fingerprint density at radius 2 is 2.14 bits per heavy atom. The van der Waals surface area contributed by atoms with Gasteiger partial charge in [0, 0.05) is 19.3 Å². The Kier molecular flexibility index (Phi) is 4.96. The van der Waals surface area contributed by atoms with E-state index in [2.05, 4.69) is 10.4 Å². The van der Waals surface area contributed by atoms with Crippen LogP contribution in [0, 0.1) is 6.92 Å². The molecule has 0 saturated heterocycles. The van der Waals surface area contributed by atoms with Crippen molar-refractivity contribution in [2.24, 2.45) is 7.05 Å². The van der Waals surface area contributed by atoms with E-state index in [9.17, 15) is 0 Å². The molecule has 1 N–H and O–H groups in total. The molecule has 0 spiro atoms. The molecule has 114 valence electrons. The number of benzene rings is 1. The number of methoxy groups -OCH3 is 1. The van der Waals surface area contributed by atoms with E-state index in [0.717, 1.165) is 22.8 Å². The maximum atomic E-state index is 6.18. The molecular formula is C15H20ClN3O2. The van der Waals surface area contributed by atoms with Crippen LogP contribution in [0.15, 0.2) is 18.2 Å². The molecule has 2 rings (SSSR count). The number of hydrogen-bond acceptors (Lipinski definition) is 4. The first-order valence-corrected chi connectivity index (χ1v) is 7.17. The second kappa shape index (κ2) is 6.72. The summed E-state index contributed by atoms with van der Waals surface area (Å²) >= 11 is 6.18. The van der Waals surface area contributed by atoms with Crippen molar-refractivity contribution in [3.63, 3.8) is 0 Å². The normalized spacial score (nSPS) is 10.5. The van der Waals surface area contributed by atoms with Gasteiger partial charge in [-0.2, -0.15) is 5.10 Å². The lowest BCUT2D eigenvalue weighted by Gasteiger charge is -2.10. The van der Waals surface area contributed by atoms with E-state index in [0.29, 0.717) is 23.9 Å². The van der Waals surface area contributed by atoms with Gasteiger partial charge in [-0.25, -0.2) is 4.68 Å². The number of ether oxygens (including phenoxy) is 2. The van der Waals surface area contributed by atoms with Gasteiger partial charge in [-0.05, 0) is 32.0 Å². The summed E-state index contributed by atoms with van der Waals surface area (Å²) in [6.45, 7) is 5.11. The number of nitrogens with one attached hydrogen (secondary N) is 1. The largest absolute Gasteiger partial charge is 0.492 e. The highest BCUT2D eigenvalue weighted by Gasteiger charge is 2.13. The van der Waals surface area contributed by atoms with E-state index < -0.39 is 0 Å². The highest BCUT2D eigenvalue weighted by atomic mass is 35.5. The van der Waals surface area contributed by atoms with Crippen LogP contribution in [0.4, 0.5) is 5.69 Å². The number of halogens is 1. The highest BCUT2D eigenvalue weighted by molar-refractivity contribution is 6.32. The summed E-state index contributed by atoms with van der Waals surface area (Å²) in [6.07, 6.45) is 0. The van der Waals surface area contributed by atoms with Crippen LogP contribution in [0.3, 0.4) is 0 Å². The number of anilines is 1. The number of aryl methyl sites for hydroxylation is 2. The molecule has 6 heteroatoms. The van der Waals surface area contributed by atoms with E-state index in [1.165, 1.54) is 0 Å². The Morgan fingerprint density at radius 3 is 2.76 bits per heavy atom. The predicted octanol–water partition coefficient (Wildman–Crippen LogP) is 3.40. The van der Waals surface area contributed by atoms with Crippen LogP contribution in [0.2, 0.25) is 5.02 Å². The number of hydrogen-bond donors (Lipinski definition) is 1. The van der Waals surface area contributed by atoms with E-state index in [-0.39, 0.29) is 0 Å². The molecule has 0 amide bonds. The SMILES string of the molecule is CCOc1ccc(NCc2c(C)nn(C)c2OC)cc1Cl. The van der Waals surface area contributed by atoms with Gasteiger partial charge in [0.05, 0.1) is 30.0 Å². The second-order valence-corrected chi connectivity index (χ2v) is 5.04. The van der Waals surface area contributed by atoms with Gasteiger partial charge in [-0.1, -0.05) is 11.6 Å². The lowest BCUT2D eigenvalue weighted by Crippen LogP contribution is -2.03. The fraction of sp³-hybridized carbons (Fsp3) is 0.400. The summed E-state index contributed by atoms with van der Waals surface area (Å²) < 4.78 is 12.5. The Balaban J connectivity index is 2.12. The van der Waals surface area contributed by atoms with E-state index in [1.807, 2.05) is 39.1 Å². The van der Waals surface area contributed by atoms with Gasteiger partial charge in [-0.3, -0.25) is 0 Å². The summed E-state index contributed by atoms with van der Waals surface area (Å²) in [4.78, 5) is 0. The van der Waals surface area contributed by atoms with Crippen LogP contribution in [0.1, 0.15) is 18.2 Å². The zero-order valence-corrected chi connectivity index (χ0v) is 13.5. The first kappa shape index (κ1) is 15.5. The third-order valence-electron chi connectivity index (χ3n) is 3.18. The van der Waals surface area contributed by atoms with Crippen molar-refractivity contribution in [3.8, 4) is 11.6 Å². The van der Waals surface area contributed by atoms with E-state index in [1.54, 1.807) is 11.8 Å². The van der Waals surface area contributed by atoms with Gasteiger partial charge in [0.25, 0.3) is 0 Å². The fourth-order valence-electron chi connectivity index (χ4n) is 2.21. The van der Waals surface area contributed by atoms with E-state index in [4.69, 9.17) is 21.1 Å². The molecule has 21 heavy (non-hydrogen) atoms. The Morgan fingerprint density at radius 1 is 1.38 bits per heavy atom. The lowest BCUT2D eigenvalue weighted by molar-refractivity contribution is 0.340. The molecule has 0 unspecified atom stereocenters. The molecule has 0 aliphatic heterocycles. The Labute approximate surface area is 129 Å². The molecule has 0 aliphatic rings. The minimum atomic E-state index is 0.594. The maximum Gasteiger partial charge on any atom is 0.216 e. The molecular weight excluding hydrogens is 290 g/mol. The third-order valence-corrected chi connectivity index (χ3v) is 3.48. The molecule has 0 fully saturated rings. The van der Waals surface area contributed by atoms with Crippen LogP contribution >= 0.6 is 11.6 Å². The predicted molar refractivity (Wildman–Crippen MR) is 84.4 cm³/mol. The Hall–Kier alpha value is -1.88. The molecule has 1 aromatic carbocycles. The monoisotopic (exact) mass is 309 g/mol. The third kappa shape index (κ3) is 3.42. The molecule has 0 radical (unpaired) electrons. The molecule has 0 saturated carbocycles. The van der Waals surface area contributed by atoms with Gasteiger partial charge >= 0.3 is 0 Å². The van der Waals surface area contributed by atoms with Gasteiger partial charge in [-0.15, -0.1) is 0 Å². The molecule has 2 aromatic rings. The summed E-state index contributed by atoms with van der Waals surface area (Å²) in [7, 11) is 3.51. The van der Waals surface area contributed by atoms with Crippen molar-refractivity contribution in [1.29, 1.82) is 0 Å². The van der Waals surface area contributed by atoms with E-state index >= 15 is 0 Å². The van der Waals surface area contributed by atoms with Gasteiger partial charge < -0.3 is 14.8 Å². The smallest absolute Gasteiger partial charge is 0.216 e. The van der Waals surface area contributed by atoms with Crippen molar-refractivity contribution in [2.75, 3.05) is 19.0 Å². The fourth-order valence-corrected chi connectivity index (χ4v) is 2.45. The quantitative estimate of drug-likeness (QED) is 0.888. The minimum Gasteiger partial charge on any atom is -0.492 e. The highest BCUT2D eigenvalue weighted by Crippen LogP contribution is 2.28. The zero-order valence-electron chi connectivity index (χ0n) is 12.7. The lowest BCUT2D eigenvalue weighted by atomic mass is 10.2. The number of rotatable bonds is 6. The van der Waals surface area contributed by atoms with Crippen LogP contribution in [-0.4, -0.2) is 23.5 Å². The van der Waals surface area contributed by atoms with Gasteiger partial charge in [0.2, 0.25) is 5.88 Å².